The van der Waals surface area contributed by atoms with Gasteiger partial charge in [-0.3, -0.25) is 4.79 Å². The molecule has 0 bridgehead atoms. The lowest BCUT2D eigenvalue weighted by Gasteiger charge is -2.22. The average molecular weight is 501 g/mol. The number of hydrogen-bond donors (Lipinski definition) is 4. The van der Waals surface area contributed by atoms with E-state index < -0.39 is 41.4 Å². The van der Waals surface area contributed by atoms with Crippen LogP contribution >= 0.6 is 0 Å². The highest BCUT2D eigenvalue weighted by atomic mass is 19.4. The molecule has 6 nitrogen and oxygen atoms in total. The number of ether oxygens (including phenoxy) is 1. The number of nitrogens with two attached hydrogens (primary N) is 2. The number of halogens is 5. The monoisotopic (exact) mass is 500 g/mol. The van der Waals surface area contributed by atoms with Gasteiger partial charge in [0.05, 0.1) is 11.7 Å². The molecule has 0 saturated heterocycles. The summed E-state index contributed by atoms with van der Waals surface area (Å²) in [4.78, 5) is 12.6. The summed E-state index contributed by atoms with van der Waals surface area (Å²) in [6.07, 6.45) is -3.48. The number of alkyl halides is 3. The Morgan fingerprint density at radius 1 is 1.09 bits per heavy atom. The Hall–Kier alpha value is -3.02. The molecule has 2 unspecified atom stereocenters. The van der Waals surface area contributed by atoms with Crippen molar-refractivity contribution < 1.29 is 31.5 Å². The Balaban J connectivity index is 2.11. The molecule has 0 amide bonds. The molecule has 0 spiro atoms. The van der Waals surface area contributed by atoms with Crippen LogP contribution in [-0.2, 0) is 10.9 Å². The zero-order valence-electron chi connectivity index (χ0n) is 19.2. The smallest absolute Gasteiger partial charge is 0.382 e. The number of ketones is 1. The van der Waals surface area contributed by atoms with E-state index >= 15 is 0 Å². The van der Waals surface area contributed by atoms with Crippen molar-refractivity contribution in [2.75, 3.05) is 19.8 Å². The Bertz CT molecular complexity index is 976. The standard InChI is InChI=1S/C24H29F5N4O2/c1-2-35-9-3-8-32-23(14-21(34)15-4-6-17(7-5-15)24(27,28)29)33-22(31)13-20(30)16-10-18(25)12-19(26)11-16/h4-7,10-12,14,20,22,32-33H,2-3,8-9,13,30-31H2,1H3/b23-14-. The molecule has 0 radical (unpaired) electrons. The number of allylic oxidation sites excluding steroid dienone is 1. The first-order valence-corrected chi connectivity index (χ1v) is 11.0. The average Bonchev–Trinajstić information content (AvgIpc) is 2.77. The molecule has 0 heterocycles. The summed E-state index contributed by atoms with van der Waals surface area (Å²) in [6.45, 7) is 3.30. The minimum absolute atomic E-state index is 0.0499. The molecule has 0 aliphatic rings. The van der Waals surface area contributed by atoms with Crippen LogP contribution in [0.5, 0.6) is 0 Å². The number of carbonyl (C=O) groups excluding carboxylic acids is 1. The van der Waals surface area contributed by atoms with Crippen LogP contribution < -0.4 is 22.1 Å². The maximum Gasteiger partial charge on any atom is 0.416 e. The normalized spacial score (nSPS) is 13.9. The molecule has 2 rings (SSSR count). The number of carbonyl (C=O) groups is 1. The molecule has 2 atom stereocenters. The Morgan fingerprint density at radius 2 is 1.71 bits per heavy atom. The summed E-state index contributed by atoms with van der Waals surface area (Å²) in [5.74, 6) is -1.87. The van der Waals surface area contributed by atoms with Gasteiger partial charge in [-0.15, -0.1) is 0 Å². The molecule has 6 N–H and O–H groups in total. The molecule has 192 valence electrons. The molecule has 0 saturated carbocycles. The third-order valence-electron chi connectivity index (χ3n) is 4.92. The van der Waals surface area contributed by atoms with E-state index in [9.17, 15) is 26.7 Å². The Labute approximate surface area is 200 Å². The van der Waals surface area contributed by atoms with Gasteiger partial charge < -0.3 is 26.8 Å². The summed E-state index contributed by atoms with van der Waals surface area (Å²) >= 11 is 0. The van der Waals surface area contributed by atoms with Crippen molar-refractivity contribution in [2.45, 2.75) is 38.1 Å². The van der Waals surface area contributed by atoms with Gasteiger partial charge >= 0.3 is 6.18 Å². The molecule has 2 aromatic carbocycles. The first-order valence-electron chi connectivity index (χ1n) is 11.0. The first-order chi connectivity index (χ1) is 16.5. The fourth-order valence-corrected chi connectivity index (χ4v) is 3.18. The topological polar surface area (TPSA) is 102 Å². The molecule has 35 heavy (non-hydrogen) atoms. The predicted molar refractivity (Wildman–Crippen MR) is 122 cm³/mol. The molecule has 0 aromatic heterocycles. The highest BCUT2D eigenvalue weighted by molar-refractivity contribution is 6.04. The number of rotatable bonds is 13. The molecule has 0 aliphatic heterocycles. The fraction of sp³-hybridized carbons (Fsp3) is 0.375. The van der Waals surface area contributed by atoms with Crippen LogP contribution in [0.4, 0.5) is 22.0 Å². The summed E-state index contributed by atoms with van der Waals surface area (Å²) in [5.41, 5.74) is 11.5. The third kappa shape index (κ3) is 9.63. The van der Waals surface area contributed by atoms with Gasteiger partial charge in [0.25, 0.3) is 0 Å². The maximum absolute atomic E-state index is 13.5. The highest BCUT2D eigenvalue weighted by Gasteiger charge is 2.30. The molecular formula is C24H29F5N4O2. The van der Waals surface area contributed by atoms with Crippen molar-refractivity contribution in [1.29, 1.82) is 0 Å². The molecular weight excluding hydrogens is 471 g/mol. The van der Waals surface area contributed by atoms with Crippen LogP contribution in [0.25, 0.3) is 0 Å². The summed E-state index contributed by atoms with van der Waals surface area (Å²) in [7, 11) is 0. The second-order valence-electron chi connectivity index (χ2n) is 7.77. The lowest BCUT2D eigenvalue weighted by atomic mass is 10.0. The molecule has 2 aromatic rings. The summed E-state index contributed by atoms with van der Waals surface area (Å²) in [5, 5.41) is 5.90. The predicted octanol–water partition coefficient (Wildman–Crippen LogP) is 3.99. The number of benzene rings is 2. The van der Waals surface area contributed by atoms with Gasteiger partial charge in [0.2, 0.25) is 0 Å². The Morgan fingerprint density at radius 3 is 2.29 bits per heavy atom. The first kappa shape index (κ1) is 28.2. The fourth-order valence-electron chi connectivity index (χ4n) is 3.18. The van der Waals surface area contributed by atoms with Crippen LogP contribution in [0.15, 0.2) is 54.4 Å². The second-order valence-corrected chi connectivity index (χ2v) is 7.77. The van der Waals surface area contributed by atoms with Crippen LogP contribution in [0.1, 0.15) is 47.3 Å². The second kappa shape index (κ2) is 13.2. The van der Waals surface area contributed by atoms with E-state index in [1.165, 1.54) is 6.08 Å². The summed E-state index contributed by atoms with van der Waals surface area (Å²) < 4.78 is 70.6. The SMILES string of the molecule is CCOCCCN/C(=C/C(=O)c1ccc(C(F)(F)F)cc1)NC(N)CC(N)c1cc(F)cc(F)c1. The quantitative estimate of drug-likeness (QED) is 0.109. The van der Waals surface area contributed by atoms with Crippen LogP contribution in [-0.4, -0.2) is 31.7 Å². The molecule has 11 heteroatoms. The van der Waals surface area contributed by atoms with E-state index in [0.29, 0.717) is 26.2 Å². The van der Waals surface area contributed by atoms with Gasteiger partial charge in [0.1, 0.15) is 17.5 Å². The van der Waals surface area contributed by atoms with Gasteiger partial charge in [-0.25, -0.2) is 8.78 Å². The van der Waals surface area contributed by atoms with Crippen molar-refractivity contribution in [3.8, 4) is 0 Å². The van der Waals surface area contributed by atoms with Crippen LogP contribution in [0.3, 0.4) is 0 Å². The number of hydrogen-bond acceptors (Lipinski definition) is 6. The Kier molecular flexibility index (Phi) is 10.6. The van der Waals surface area contributed by atoms with Crippen molar-refractivity contribution in [3.05, 3.63) is 82.7 Å². The van der Waals surface area contributed by atoms with E-state index in [2.05, 4.69) is 10.6 Å². The van der Waals surface area contributed by atoms with Crippen molar-refractivity contribution in [2.24, 2.45) is 11.5 Å². The number of nitrogens with one attached hydrogen (secondary N) is 2. The zero-order valence-corrected chi connectivity index (χ0v) is 19.2. The van der Waals surface area contributed by atoms with Gasteiger partial charge in [0.15, 0.2) is 5.78 Å². The van der Waals surface area contributed by atoms with E-state index in [1.807, 2.05) is 6.92 Å². The van der Waals surface area contributed by atoms with Crippen molar-refractivity contribution in [3.63, 3.8) is 0 Å². The van der Waals surface area contributed by atoms with Gasteiger partial charge in [0, 0.05) is 43.5 Å². The molecule has 0 aliphatic carbocycles. The molecule has 0 fully saturated rings. The third-order valence-corrected chi connectivity index (χ3v) is 4.92. The van der Waals surface area contributed by atoms with Crippen molar-refractivity contribution in [1.82, 2.24) is 10.6 Å². The largest absolute Gasteiger partial charge is 0.416 e. The maximum atomic E-state index is 13.5. The minimum Gasteiger partial charge on any atom is -0.382 e. The van der Waals surface area contributed by atoms with Crippen LogP contribution in [0, 0.1) is 11.6 Å². The van der Waals surface area contributed by atoms with Gasteiger partial charge in [-0.05, 0) is 49.6 Å². The van der Waals surface area contributed by atoms with E-state index in [1.54, 1.807) is 0 Å². The zero-order chi connectivity index (χ0) is 26.0. The van der Waals surface area contributed by atoms with Gasteiger partial charge in [-0.2, -0.15) is 13.2 Å². The van der Waals surface area contributed by atoms with E-state index in [0.717, 1.165) is 42.5 Å². The highest BCUT2D eigenvalue weighted by Crippen LogP contribution is 2.29. The lowest BCUT2D eigenvalue weighted by Crippen LogP contribution is -2.43. The van der Waals surface area contributed by atoms with Crippen LogP contribution in [0.2, 0.25) is 0 Å². The van der Waals surface area contributed by atoms with Crippen molar-refractivity contribution >= 4 is 5.78 Å². The van der Waals surface area contributed by atoms with E-state index in [4.69, 9.17) is 16.2 Å². The van der Waals surface area contributed by atoms with E-state index in [-0.39, 0.29) is 23.4 Å². The summed E-state index contributed by atoms with van der Waals surface area (Å²) in [6, 6.07) is 5.97. The van der Waals surface area contributed by atoms with Gasteiger partial charge in [-0.1, -0.05) is 12.1 Å². The lowest BCUT2D eigenvalue weighted by molar-refractivity contribution is -0.137. The minimum atomic E-state index is -4.51.